The lowest BCUT2D eigenvalue weighted by Crippen LogP contribution is -2.31. The summed E-state index contributed by atoms with van der Waals surface area (Å²) in [5.41, 5.74) is 2.12. The Kier molecular flexibility index (Phi) is 4.43. The van der Waals surface area contributed by atoms with Gasteiger partial charge in [-0.3, -0.25) is 9.59 Å². The normalized spacial score (nSPS) is 14.5. The molecule has 7 heteroatoms. The third kappa shape index (κ3) is 3.32. The van der Waals surface area contributed by atoms with E-state index in [0.29, 0.717) is 43.1 Å². The Morgan fingerprint density at radius 1 is 1.19 bits per heavy atom. The van der Waals surface area contributed by atoms with Crippen LogP contribution in [0.3, 0.4) is 0 Å². The van der Waals surface area contributed by atoms with Crippen LogP contribution in [0.4, 0.5) is 10.1 Å². The quantitative estimate of drug-likeness (QED) is 0.898. The van der Waals surface area contributed by atoms with Crippen LogP contribution in [-0.4, -0.2) is 30.1 Å². The fraction of sp³-hybridized carbons (Fsp3) is 0.300. The molecule has 0 radical (unpaired) electrons. The lowest BCUT2D eigenvalue weighted by atomic mass is 9.99. The number of carbonyl (C=O) groups excluding carboxylic acids is 2. The fourth-order valence-corrected chi connectivity index (χ4v) is 3.32. The summed E-state index contributed by atoms with van der Waals surface area (Å²) in [7, 11) is 0. The standard InChI is InChI=1S/C20H19FN2O4/c1-2-23(10-12-3-5-17-18(7-12)27-11-26-17)20(25)14-8-13-4-6-19(24)22-16(13)9-15(14)21/h3,5,7-9H,2,4,6,10-11H2,1H3,(H,22,24). The number of carbonyl (C=O) groups is 2. The van der Waals surface area contributed by atoms with E-state index >= 15 is 0 Å². The van der Waals surface area contributed by atoms with Crippen molar-refractivity contribution in [2.24, 2.45) is 0 Å². The van der Waals surface area contributed by atoms with Crippen molar-refractivity contribution in [1.29, 1.82) is 0 Å². The van der Waals surface area contributed by atoms with E-state index in [9.17, 15) is 14.0 Å². The number of anilines is 1. The highest BCUT2D eigenvalue weighted by Crippen LogP contribution is 2.33. The van der Waals surface area contributed by atoms with Crippen molar-refractivity contribution in [3.8, 4) is 11.5 Å². The summed E-state index contributed by atoms with van der Waals surface area (Å²) in [6.07, 6.45) is 0.830. The summed E-state index contributed by atoms with van der Waals surface area (Å²) in [4.78, 5) is 26.0. The highest BCUT2D eigenvalue weighted by molar-refractivity contribution is 5.98. The number of amides is 2. The number of aryl methyl sites for hydroxylation is 1. The zero-order chi connectivity index (χ0) is 19.0. The zero-order valence-corrected chi connectivity index (χ0v) is 14.9. The van der Waals surface area contributed by atoms with Gasteiger partial charge < -0.3 is 19.7 Å². The summed E-state index contributed by atoms with van der Waals surface area (Å²) < 4.78 is 25.2. The van der Waals surface area contributed by atoms with Gasteiger partial charge in [0.1, 0.15) is 5.82 Å². The van der Waals surface area contributed by atoms with Crippen LogP contribution in [0.5, 0.6) is 11.5 Å². The molecule has 2 heterocycles. The first kappa shape index (κ1) is 17.3. The maximum absolute atomic E-state index is 14.5. The van der Waals surface area contributed by atoms with Gasteiger partial charge >= 0.3 is 0 Å². The van der Waals surface area contributed by atoms with Gasteiger partial charge in [-0.2, -0.15) is 0 Å². The van der Waals surface area contributed by atoms with Gasteiger partial charge in [-0.25, -0.2) is 4.39 Å². The van der Waals surface area contributed by atoms with Crippen molar-refractivity contribution >= 4 is 17.5 Å². The highest BCUT2D eigenvalue weighted by Gasteiger charge is 2.24. The van der Waals surface area contributed by atoms with Crippen molar-refractivity contribution < 1.29 is 23.5 Å². The number of hydrogen-bond acceptors (Lipinski definition) is 4. The summed E-state index contributed by atoms with van der Waals surface area (Å²) in [5.74, 6) is 0.166. The molecule has 0 unspecified atom stereocenters. The van der Waals surface area contributed by atoms with Gasteiger partial charge in [0.05, 0.1) is 5.56 Å². The summed E-state index contributed by atoms with van der Waals surface area (Å²) >= 11 is 0. The number of nitrogens with one attached hydrogen (secondary N) is 1. The summed E-state index contributed by atoms with van der Waals surface area (Å²) in [6, 6.07) is 8.28. The van der Waals surface area contributed by atoms with Crippen LogP contribution in [0.25, 0.3) is 0 Å². The minimum atomic E-state index is -0.634. The molecule has 0 atom stereocenters. The van der Waals surface area contributed by atoms with Crippen molar-refractivity contribution in [2.45, 2.75) is 26.3 Å². The van der Waals surface area contributed by atoms with Crippen LogP contribution >= 0.6 is 0 Å². The third-order valence-corrected chi connectivity index (χ3v) is 4.80. The minimum Gasteiger partial charge on any atom is -0.454 e. The molecule has 0 bridgehead atoms. The second-order valence-electron chi connectivity index (χ2n) is 6.54. The first-order valence-electron chi connectivity index (χ1n) is 8.85. The molecule has 0 spiro atoms. The molecule has 6 nitrogen and oxygen atoms in total. The molecule has 0 saturated heterocycles. The smallest absolute Gasteiger partial charge is 0.257 e. The molecule has 2 aliphatic heterocycles. The average molecular weight is 370 g/mol. The molecule has 4 rings (SSSR count). The zero-order valence-electron chi connectivity index (χ0n) is 14.9. The lowest BCUT2D eigenvalue weighted by Gasteiger charge is -2.23. The Morgan fingerprint density at radius 2 is 2.00 bits per heavy atom. The van der Waals surface area contributed by atoms with Gasteiger partial charge in [0, 0.05) is 25.2 Å². The maximum Gasteiger partial charge on any atom is 0.257 e. The second kappa shape index (κ2) is 6.90. The number of halogens is 1. The van der Waals surface area contributed by atoms with Crippen LogP contribution in [0.15, 0.2) is 30.3 Å². The van der Waals surface area contributed by atoms with Crippen LogP contribution in [0.2, 0.25) is 0 Å². The molecule has 0 aliphatic carbocycles. The maximum atomic E-state index is 14.5. The first-order chi connectivity index (χ1) is 13.0. The van der Waals surface area contributed by atoms with E-state index in [0.717, 1.165) is 11.1 Å². The molecule has 1 N–H and O–H groups in total. The van der Waals surface area contributed by atoms with Crippen molar-refractivity contribution in [2.75, 3.05) is 18.7 Å². The number of hydrogen-bond donors (Lipinski definition) is 1. The molecule has 2 aromatic carbocycles. The number of rotatable bonds is 4. The Hall–Kier alpha value is -3.09. The lowest BCUT2D eigenvalue weighted by molar-refractivity contribution is -0.116. The van der Waals surface area contributed by atoms with E-state index in [1.165, 1.54) is 6.07 Å². The molecular formula is C20H19FN2O4. The number of ether oxygens (including phenoxy) is 2. The topological polar surface area (TPSA) is 67.9 Å². The van der Waals surface area contributed by atoms with Crippen molar-refractivity contribution in [1.82, 2.24) is 4.90 Å². The van der Waals surface area contributed by atoms with E-state index in [-0.39, 0.29) is 24.2 Å². The van der Waals surface area contributed by atoms with Gasteiger partial charge in [-0.05, 0) is 48.7 Å². The SMILES string of the molecule is CCN(Cc1ccc2c(c1)OCO2)C(=O)c1cc2c(cc1F)NC(=O)CC2. The van der Waals surface area contributed by atoms with E-state index in [2.05, 4.69) is 5.32 Å². The molecule has 140 valence electrons. The molecule has 2 aromatic rings. The molecular weight excluding hydrogens is 351 g/mol. The predicted octanol–water partition coefficient (Wildman–Crippen LogP) is 3.10. The van der Waals surface area contributed by atoms with Crippen molar-refractivity contribution in [3.63, 3.8) is 0 Å². The van der Waals surface area contributed by atoms with E-state index < -0.39 is 5.82 Å². The molecule has 2 amide bonds. The molecule has 0 saturated carbocycles. The predicted molar refractivity (Wildman–Crippen MR) is 96.3 cm³/mol. The number of fused-ring (bicyclic) bond motifs is 2. The Balaban J connectivity index is 1.58. The fourth-order valence-electron chi connectivity index (χ4n) is 3.32. The van der Waals surface area contributed by atoms with Gasteiger partial charge in [0.15, 0.2) is 11.5 Å². The Bertz CT molecular complexity index is 928. The van der Waals surface area contributed by atoms with E-state index in [4.69, 9.17) is 9.47 Å². The second-order valence-corrected chi connectivity index (χ2v) is 6.54. The van der Waals surface area contributed by atoms with Gasteiger partial charge in [-0.15, -0.1) is 0 Å². The van der Waals surface area contributed by atoms with Gasteiger partial charge in [0.2, 0.25) is 12.7 Å². The highest BCUT2D eigenvalue weighted by atomic mass is 19.1. The number of nitrogens with zero attached hydrogens (tertiary/aromatic N) is 1. The molecule has 27 heavy (non-hydrogen) atoms. The summed E-state index contributed by atoms with van der Waals surface area (Å²) in [6.45, 7) is 2.80. The average Bonchev–Trinajstić information content (AvgIpc) is 3.12. The van der Waals surface area contributed by atoms with Gasteiger partial charge in [0.25, 0.3) is 5.91 Å². The van der Waals surface area contributed by atoms with Crippen LogP contribution in [-0.2, 0) is 17.8 Å². The van der Waals surface area contributed by atoms with Crippen LogP contribution in [0.1, 0.15) is 34.8 Å². The molecule has 0 fully saturated rings. The van der Waals surface area contributed by atoms with Gasteiger partial charge in [-0.1, -0.05) is 6.07 Å². The summed E-state index contributed by atoms with van der Waals surface area (Å²) in [5, 5.41) is 2.64. The van der Waals surface area contributed by atoms with E-state index in [1.807, 2.05) is 19.1 Å². The van der Waals surface area contributed by atoms with Crippen LogP contribution < -0.4 is 14.8 Å². The Morgan fingerprint density at radius 3 is 2.81 bits per heavy atom. The third-order valence-electron chi connectivity index (χ3n) is 4.80. The van der Waals surface area contributed by atoms with Crippen molar-refractivity contribution in [3.05, 3.63) is 52.8 Å². The Labute approximate surface area is 155 Å². The van der Waals surface area contributed by atoms with Crippen LogP contribution in [0, 0.1) is 5.82 Å². The largest absolute Gasteiger partial charge is 0.454 e. The number of benzene rings is 2. The van der Waals surface area contributed by atoms with E-state index in [1.54, 1.807) is 17.0 Å². The first-order valence-corrected chi connectivity index (χ1v) is 8.85. The molecule has 0 aromatic heterocycles. The minimum absolute atomic E-state index is 0.0208. The monoisotopic (exact) mass is 370 g/mol. The molecule has 2 aliphatic rings.